The fraction of sp³-hybridized carbons (Fsp3) is 0.486. The van der Waals surface area contributed by atoms with Crippen molar-refractivity contribution in [3.05, 3.63) is 84.4 Å². The summed E-state index contributed by atoms with van der Waals surface area (Å²) < 4.78 is 1.83. The number of carbonyl (C=O) groups is 3. The second kappa shape index (κ2) is 14.9. The van der Waals surface area contributed by atoms with Crippen LogP contribution in [0.15, 0.2) is 73.2 Å². The fourth-order valence-corrected chi connectivity index (χ4v) is 6.72. The van der Waals surface area contributed by atoms with Crippen LogP contribution in [0.4, 0.5) is 5.69 Å². The third-order valence-corrected chi connectivity index (χ3v) is 9.64. The van der Waals surface area contributed by atoms with E-state index in [4.69, 9.17) is 5.73 Å². The van der Waals surface area contributed by atoms with E-state index < -0.39 is 17.6 Å². The first-order chi connectivity index (χ1) is 22.3. The number of imidazole rings is 1. The number of aromatic nitrogens is 2. The quantitative estimate of drug-likeness (QED) is 0.297. The van der Waals surface area contributed by atoms with Gasteiger partial charge in [0.15, 0.2) is 0 Å². The molecular formula is C35H48N8O3. The van der Waals surface area contributed by atoms with Gasteiger partial charge in [-0.25, -0.2) is 4.98 Å². The normalized spacial score (nSPS) is 17.5. The van der Waals surface area contributed by atoms with Crippen LogP contribution in [-0.2, 0) is 34.3 Å². The molecule has 46 heavy (non-hydrogen) atoms. The third kappa shape index (κ3) is 7.26. The third-order valence-electron chi connectivity index (χ3n) is 9.64. The number of nitrogens with zero attached hydrogens (tertiary/aromatic N) is 6. The zero-order valence-electron chi connectivity index (χ0n) is 27.3. The molecule has 2 fully saturated rings. The smallest absolute Gasteiger partial charge is 0.250 e. The van der Waals surface area contributed by atoms with Crippen LogP contribution in [0, 0.1) is 0 Å². The molecule has 2 atom stereocenters. The summed E-state index contributed by atoms with van der Waals surface area (Å²) in [6, 6.07) is 18.2. The zero-order chi connectivity index (χ0) is 32.7. The standard InChI is InChI=1S/C35H48N8O3/c1-4-40(5-2)20-21-42-26-43(28-14-10-7-11-15-28)35(34(42)46)16-18-41(19-17-35)33(45)31(22-27-12-8-6-9-13-27)38-32(44)30(36)23-29-24-37-25-39(29)3/h6-15,24-25,30-31H,4-5,16-23,26,36H2,1-3H3,(H,38,44)/t30-,31+/m0/s1. The lowest BCUT2D eigenvalue weighted by Crippen LogP contribution is -2.60. The molecule has 0 bridgehead atoms. The Morgan fingerprint density at radius 2 is 1.65 bits per heavy atom. The average molecular weight is 629 g/mol. The molecule has 3 aromatic rings. The molecule has 3 N–H and O–H groups in total. The molecule has 1 aromatic heterocycles. The predicted molar refractivity (Wildman–Crippen MR) is 179 cm³/mol. The Morgan fingerprint density at radius 3 is 2.26 bits per heavy atom. The summed E-state index contributed by atoms with van der Waals surface area (Å²) >= 11 is 0. The Morgan fingerprint density at radius 1 is 1.00 bits per heavy atom. The molecule has 2 aromatic carbocycles. The van der Waals surface area contributed by atoms with E-state index in [0.717, 1.165) is 36.6 Å². The molecule has 2 saturated heterocycles. The number of likely N-dealkylation sites (tertiary alicyclic amines) is 1. The van der Waals surface area contributed by atoms with Crippen LogP contribution < -0.4 is 16.0 Å². The van der Waals surface area contributed by atoms with Gasteiger partial charge in [0, 0.05) is 63.6 Å². The molecule has 0 saturated carbocycles. The second-order valence-electron chi connectivity index (χ2n) is 12.4. The van der Waals surface area contributed by atoms with Crippen LogP contribution in [0.1, 0.15) is 37.9 Å². The Bertz CT molecular complexity index is 1450. The van der Waals surface area contributed by atoms with E-state index in [2.05, 4.69) is 46.1 Å². The Hall–Kier alpha value is -4.22. The average Bonchev–Trinajstić information content (AvgIpc) is 3.61. The lowest BCUT2D eigenvalue weighted by molar-refractivity contribution is -0.141. The Balaban J connectivity index is 1.31. The summed E-state index contributed by atoms with van der Waals surface area (Å²) in [5.74, 6) is -0.408. The van der Waals surface area contributed by atoms with Gasteiger partial charge in [0.25, 0.3) is 0 Å². The van der Waals surface area contributed by atoms with Crippen molar-refractivity contribution in [1.29, 1.82) is 0 Å². The van der Waals surface area contributed by atoms with Gasteiger partial charge in [-0.3, -0.25) is 14.4 Å². The van der Waals surface area contributed by atoms with Crippen molar-refractivity contribution in [3.8, 4) is 0 Å². The van der Waals surface area contributed by atoms with Crippen molar-refractivity contribution in [2.75, 3.05) is 50.8 Å². The summed E-state index contributed by atoms with van der Waals surface area (Å²) in [5.41, 5.74) is 8.38. The van der Waals surface area contributed by atoms with Gasteiger partial charge in [-0.15, -0.1) is 0 Å². The number of carbonyl (C=O) groups excluding carboxylic acids is 3. The van der Waals surface area contributed by atoms with E-state index in [9.17, 15) is 14.4 Å². The lowest BCUT2D eigenvalue weighted by atomic mass is 9.85. The van der Waals surface area contributed by atoms with Crippen LogP contribution in [0.25, 0.3) is 0 Å². The number of hydrogen-bond donors (Lipinski definition) is 2. The number of amides is 3. The molecule has 11 nitrogen and oxygen atoms in total. The molecule has 0 unspecified atom stereocenters. The van der Waals surface area contributed by atoms with Gasteiger partial charge in [-0.1, -0.05) is 62.4 Å². The predicted octanol–water partition coefficient (Wildman–Crippen LogP) is 2.03. The van der Waals surface area contributed by atoms with Gasteiger partial charge in [0.2, 0.25) is 17.7 Å². The van der Waals surface area contributed by atoms with Crippen LogP contribution in [-0.4, -0.2) is 106 Å². The van der Waals surface area contributed by atoms with E-state index in [1.54, 1.807) is 17.4 Å². The molecular weight excluding hydrogens is 580 g/mol. The van der Waals surface area contributed by atoms with Crippen LogP contribution in [0.5, 0.6) is 0 Å². The highest BCUT2D eigenvalue weighted by atomic mass is 16.2. The minimum atomic E-state index is -0.830. The molecule has 3 amide bonds. The van der Waals surface area contributed by atoms with Crippen molar-refractivity contribution in [2.24, 2.45) is 12.8 Å². The Labute approximate surface area is 272 Å². The van der Waals surface area contributed by atoms with Crippen LogP contribution >= 0.6 is 0 Å². The highest BCUT2D eigenvalue weighted by Gasteiger charge is 2.54. The van der Waals surface area contributed by atoms with Crippen molar-refractivity contribution in [3.63, 3.8) is 0 Å². The maximum absolute atomic E-state index is 14.2. The van der Waals surface area contributed by atoms with Crippen LogP contribution in [0.3, 0.4) is 0 Å². The largest absolute Gasteiger partial charge is 0.343 e. The van der Waals surface area contributed by atoms with E-state index in [0.29, 0.717) is 52.0 Å². The first kappa shape index (κ1) is 33.2. The number of nitrogens with two attached hydrogens (primary N) is 1. The maximum atomic E-state index is 14.2. The molecule has 1 spiro atoms. The second-order valence-corrected chi connectivity index (χ2v) is 12.4. The SMILES string of the molecule is CCN(CC)CCN1CN(c2ccccc2)C2(CCN(C(=O)[C@@H](Cc3ccccc3)NC(=O)[C@@H](N)Cc3cncn3C)CC2)C1=O. The van der Waals surface area contributed by atoms with Crippen molar-refractivity contribution < 1.29 is 14.4 Å². The number of anilines is 1. The Kier molecular flexibility index (Phi) is 10.7. The number of benzene rings is 2. The first-order valence-corrected chi connectivity index (χ1v) is 16.4. The highest BCUT2D eigenvalue weighted by molar-refractivity contribution is 5.94. The topological polar surface area (TPSA) is 120 Å². The minimum Gasteiger partial charge on any atom is -0.343 e. The number of para-hydroxylation sites is 1. The van der Waals surface area contributed by atoms with Crippen molar-refractivity contribution >= 4 is 23.4 Å². The number of piperidine rings is 1. The fourth-order valence-electron chi connectivity index (χ4n) is 6.72. The number of hydrogen-bond acceptors (Lipinski definition) is 7. The molecule has 3 heterocycles. The molecule has 2 aliphatic rings. The monoisotopic (exact) mass is 628 g/mol. The molecule has 246 valence electrons. The summed E-state index contributed by atoms with van der Waals surface area (Å²) in [4.78, 5) is 54.1. The van der Waals surface area contributed by atoms with Gasteiger partial charge in [-0.05, 0) is 43.6 Å². The first-order valence-electron chi connectivity index (χ1n) is 16.4. The zero-order valence-corrected chi connectivity index (χ0v) is 27.3. The van der Waals surface area contributed by atoms with Gasteiger partial charge in [0.1, 0.15) is 11.6 Å². The van der Waals surface area contributed by atoms with E-state index in [1.165, 1.54) is 0 Å². The number of nitrogens with one attached hydrogen (secondary N) is 1. The molecule has 0 aliphatic carbocycles. The van der Waals surface area contributed by atoms with E-state index in [1.807, 2.05) is 65.0 Å². The van der Waals surface area contributed by atoms with Crippen molar-refractivity contribution in [2.45, 2.75) is 57.2 Å². The molecule has 0 radical (unpaired) electrons. The lowest BCUT2D eigenvalue weighted by Gasteiger charge is -2.44. The summed E-state index contributed by atoms with van der Waals surface area (Å²) in [6.45, 7) is 9.02. The molecule has 11 heteroatoms. The van der Waals surface area contributed by atoms with Gasteiger partial charge >= 0.3 is 0 Å². The number of likely N-dealkylation sites (N-methyl/N-ethyl adjacent to an activating group) is 1. The van der Waals surface area contributed by atoms with Crippen molar-refractivity contribution in [1.82, 2.24) is 29.6 Å². The summed E-state index contributed by atoms with van der Waals surface area (Å²) in [6.07, 6.45) is 5.05. The minimum absolute atomic E-state index is 0.130. The van der Waals surface area contributed by atoms with Gasteiger partial charge < -0.3 is 35.2 Å². The number of aryl methyl sites for hydroxylation is 1. The molecule has 2 aliphatic heterocycles. The summed E-state index contributed by atoms with van der Waals surface area (Å²) in [7, 11) is 1.86. The summed E-state index contributed by atoms with van der Waals surface area (Å²) in [5, 5.41) is 2.97. The van der Waals surface area contributed by atoms with E-state index >= 15 is 0 Å². The maximum Gasteiger partial charge on any atom is 0.250 e. The number of rotatable bonds is 13. The van der Waals surface area contributed by atoms with Gasteiger partial charge in [0.05, 0.1) is 19.0 Å². The van der Waals surface area contributed by atoms with E-state index in [-0.39, 0.29) is 17.7 Å². The molecule has 5 rings (SSSR count). The van der Waals surface area contributed by atoms with Gasteiger partial charge in [-0.2, -0.15) is 0 Å². The highest BCUT2D eigenvalue weighted by Crippen LogP contribution is 2.39. The van der Waals surface area contributed by atoms with Crippen LogP contribution in [0.2, 0.25) is 0 Å².